The maximum atomic E-state index is 12.7. The smallest absolute Gasteiger partial charge is 0.243 e. The van der Waals surface area contributed by atoms with Gasteiger partial charge in [-0.15, -0.1) is 0 Å². The monoisotopic (exact) mass is 472 g/mol. The van der Waals surface area contributed by atoms with Crippen molar-refractivity contribution in [1.29, 1.82) is 0 Å². The second kappa shape index (κ2) is 10.4. The molecule has 2 aromatic rings. The molecule has 164 valence electrons. The molecular formula is C21H26Cl2N2O4S. The summed E-state index contributed by atoms with van der Waals surface area (Å²) in [6.45, 7) is 4.41. The van der Waals surface area contributed by atoms with Crippen LogP contribution in [-0.4, -0.2) is 68.2 Å². The van der Waals surface area contributed by atoms with Crippen LogP contribution in [0.15, 0.2) is 53.4 Å². The van der Waals surface area contributed by atoms with Gasteiger partial charge in [-0.3, -0.25) is 4.90 Å². The maximum Gasteiger partial charge on any atom is 0.243 e. The maximum absolute atomic E-state index is 12.7. The molecule has 2 atom stereocenters. The second-order valence-corrected chi connectivity index (χ2v) is 10.2. The van der Waals surface area contributed by atoms with Crippen LogP contribution in [0.1, 0.15) is 18.6 Å². The van der Waals surface area contributed by atoms with Gasteiger partial charge in [0.05, 0.1) is 23.7 Å². The summed E-state index contributed by atoms with van der Waals surface area (Å²) in [5.41, 5.74) is 0.993. The minimum absolute atomic E-state index is 0.154. The van der Waals surface area contributed by atoms with Gasteiger partial charge in [0.15, 0.2) is 0 Å². The molecule has 1 fully saturated rings. The van der Waals surface area contributed by atoms with Crippen molar-refractivity contribution in [3.05, 3.63) is 64.1 Å². The summed E-state index contributed by atoms with van der Waals surface area (Å²) in [6.07, 6.45) is -0.808. The first-order valence-electron chi connectivity index (χ1n) is 9.79. The Labute approximate surface area is 188 Å². The molecule has 1 aliphatic rings. The van der Waals surface area contributed by atoms with E-state index < -0.39 is 16.1 Å². The van der Waals surface area contributed by atoms with Crippen molar-refractivity contribution in [2.24, 2.45) is 0 Å². The minimum Gasteiger partial charge on any atom is -0.389 e. The number of hydrogen-bond donors (Lipinski definition) is 1. The van der Waals surface area contributed by atoms with Crippen LogP contribution in [0.25, 0.3) is 0 Å². The predicted octanol–water partition coefficient (Wildman–Crippen LogP) is 3.44. The van der Waals surface area contributed by atoms with Crippen molar-refractivity contribution in [3.63, 3.8) is 0 Å². The summed E-state index contributed by atoms with van der Waals surface area (Å²) in [5.74, 6) is 0. The van der Waals surface area contributed by atoms with Crippen molar-refractivity contribution < 1.29 is 18.3 Å². The van der Waals surface area contributed by atoms with Crippen LogP contribution in [0.4, 0.5) is 0 Å². The van der Waals surface area contributed by atoms with E-state index in [0.717, 1.165) is 5.56 Å². The Morgan fingerprint density at radius 3 is 2.07 bits per heavy atom. The molecule has 3 rings (SSSR count). The van der Waals surface area contributed by atoms with Crippen LogP contribution in [-0.2, 0) is 14.8 Å². The lowest BCUT2D eigenvalue weighted by Crippen LogP contribution is -2.50. The summed E-state index contributed by atoms with van der Waals surface area (Å²) in [4.78, 5) is 2.29. The Bertz CT molecular complexity index is 915. The van der Waals surface area contributed by atoms with Gasteiger partial charge in [0.1, 0.15) is 0 Å². The molecule has 2 unspecified atom stereocenters. The Balaban J connectivity index is 1.44. The standard InChI is InChI=1S/C21H26Cl2N2O4S/c1-16(17-2-4-18(22)5-3-17)29-15-20(26)14-24-10-12-25(13-11-24)30(27,28)21-8-6-19(23)7-9-21/h2-9,16,20,26H,10-15H2,1H3. The molecule has 0 spiro atoms. The Hall–Kier alpha value is -1.19. The minimum atomic E-state index is -3.53. The first-order chi connectivity index (χ1) is 14.3. The van der Waals surface area contributed by atoms with E-state index in [-0.39, 0.29) is 17.6 Å². The van der Waals surface area contributed by atoms with Crippen molar-refractivity contribution in [2.75, 3.05) is 39.3 Å². The number of nitrogens with zero attached hydrogens (tertiary/aromatic N) is 2. The van der Waals surface area contributed by atoms with Gasteiger partial charge in [-0.2, -0.15) is 4.31 Å². The Morgan fingerprint density at radius 2 is 1.50 bits per heavy atom. The lowest BCUT2D eigenvalue weighted by atomic mass is 10.1. The SMILES string of the molecule is CC(OCC(O)CN1CCN(S(=O)(=O)c2ccc(Cl)cc2)CC1)c1ccc(Cl)cc1. The average Bonchev–Trinajstić information content (AvgIpc) is 2.73. The number of benzene rings is 2. The molecule has 0 amide bonds. The van der Waals surface area contributed by atoms with Gasteiger partial charge in [0, 0.05) is 42.8 Å². The van der Waals surface area contributed by atoms with Crippen LogP contribution < -0.4 is 0 Å². The van der Waals surface area contributed by atoms with Gasteiger partial charge in [0.25, 0.3) is 0 Å². The molecule has 1 saturated heterocycles. The first-order valence-corrected chi connectivity index (χ1v) is 12.0. The second-order valence-electron chi connectivity index (χ2n) is 7.34. The Kier molecular flexibility index (Phi) is 8.15. The van der Waals surface area contributed by atoms with E-state index in [1.807, 2.05) is 31.2 Å². The topological polar surface area (TPSA) is 70.1 Å². The number of sulfonamides is 1. The number of halogens is 2. The van der Waals surface area contributed by atoms with Crippen molar-refractivity contribution >= 4 is 33.2 Å². The molecule has 2 aromatic carbocycles. The predicted molar refractivity (Wildman–Crippen MR) is 118 cm³/mol. The van der Waals surface area contributed by atoms with Crippen LogP contribution >= 0.6 is 23.2 Å². The highest BCUT2D eigenvalue weighted by Crippen LogP contribution is 2.21. The quantitative estimate of drug-likeness (QED) is 0.636. The van der Waals surface area contributed by atoms with Gasteiger partial charge in [-0.05, 0) is 48.9 Å². The molecule has 0 aliphatic carbocycles. The molecule has 0 aromatic heterocycles. The van der Waals surface area contributed by atoms with Gasteiger partial charge in [0.2, 0.25) is 10.0 Å². The fourth-order valence-corrected chi connectivity index (χ4v) is 5.02. The van der Waals surface area contributed by atoms with Gasteiger partial charge in [-0.25, -0.2) is 8.42 Å². The zero-order chi connectivity index (χ0) is 21.7. The Morgan fingerprint density at radius 1 is 0.967 bits per heavy atom. The molecule has 1 N–H and O–H groups in total. The summed E-state index contributed by atoms with van der Waals surface area (Å²) in [7, 11) is -3.53. The largest absolute Gasteiger partial charge is 0.389 e. The molecule has 30 heavy (non-hydrogen) atoms. The third-order valence-corrected chi connectivity index (χ3v) is 7.55. The zero-order valence-electron chi connectivity index (χ0n) is 16.7. The highest BCUT2D eigenvalue weighted by molar-refractivity contribution is 7.89. The molecule has 6 nitrogen and oxygen atoms in total. The molecule has 0 radical (unpaired) electrons. The van der Waals surface area contributed by atoms with Gasteiger partial charge >= 0.3 is 0 Å². The van der Waals surface area contributed by atoms with E-state index in [0.29, 0.717) is 42.8 Å². The molecule has 0 saturated carbocycles. The average molecular weight is 473 g/mol. The molecule has 1 aliphatic heterocycles. The van der Waals surface area contributed by atoms with Gasteiger partial charge in [-0.1, -0.05) is 35.3 Å². The van der Waals surface area contributed by atoms with E-state index >= 15 is 0 Å². The third kappa shape index (κ3) is 6.17. The number of aliphatic hydroxyl groups is 1. The number of β-amino-alcohol motifs (C(OH)–C–C–N with tert-alkyl or cyclic N) is 1. The van der Waals surface area contributed by atoms with Crippen LogP contribution in [0.5, 0.6) is 0 Å². The fourth-order valence-electron chi connectivity index (χ4n) is 3.34. The van der Waals surface area contributed by atoms with Crippen molar-refractivity contribution in [2.45, 2.75) is 24.0 Å². The zero-order valence-corrected chi connectivity index (χ0v) is 19.1. The summed E-state index contributed by atoms with van der Waals surface area (Å²) < 4.78 is 32.7. The highest BCUT2D eigenvalue weighted by Gasteiger charge is 2.29. The third-order valence-electron chi connectivity index (χ3n) is 5.13. The van der Waals surface area contributed by atoms with E-state index in [1.165, 1.54) is 16.4 Å². The molecular weight excluding hydrogens is 447 g/mol. The van der Waals surface area contributed by atoms with Crippen molar-refractivity contribution in [1.82, 2.24) is 9.21 Å². The van der Waals surface area contributed by atoms with Crippen LogP contribution in [0.2, 0.25) is 10.0 Å². The van der Waals surface area contributed by atoms with Crippen molar-refractivity contribution in [3.8, 4) is 0 Å². The molecule has 1 heterocycles. The van der Waals surface area contributed by atoms with E-state index in [9.17, 15) is 13.5 Å². The number of aliphatic hydroxyl groups excluding tert-OH is 1. The summed E-state index contributed by atoms with van der Waals surface area (Å²) >= 11 is 11.7. The van der Waals surface area contributed by atoms with E-state index in [2.05, 4.69) is 4.90 Å². The number of piperazine rings is 1. The molecule has 9 heteroatoms. The van der Waals surface area contributed by atoms with Crippen LogP contribution in [0.3, 0.4) is 0 Å². The number of rotatable bonds is 8. The summed E-state index contributed by atoms with van der Waals surface area (Å²) in [6, 6.07) is 13.6. The lowest BCUT2D eigenvalue weighted by Gasteiger charge is -2.35. The first kappa shape index (κ1) is 23.5. The lowest BCUT2D eigenvalue weighted by molar-refractivity contribution is -0.0186. The van der Waals surface area contributed by atoms with E-state index in [1.54, 1.807) is 12.1 Å². The van der Waals surface area contributed by atoms with Gasteiger partial charge < -0.3 is 9.84 Å². The molecule has 0 bridgehead atoms. The number of ether oxygens (including phenoxy) is 1. The fraction of sp³-hybridized carbons (Fsp3) is 0.429. The normalized spacial score (nSPS) is 18.3. The summed E-state index contributed by atoms with van der Waals surface area (Å²) in [5, 5.41) is 11.5. The number of hydrogen-bond acceptors (Lipinski definition) is 5. The van der Waals surface area contributed by atoms with E-state index in [4.69, 9.17) is 27.9 Å². The van der Waals surface area contributed by atoms with Crippen LogP contribution in [0, 0.1) is 0 Å². The highest BCUT2D eigenvalue weighted by atomic mass is 35.5.